The van der Waals surface area contributed by atoms with Gasteiger partial charge in [0.2, 0.25) is 0 Å². The van der Waals surface area contributed by atoms with E-state index in [0.29, 0.717) is 6.42 Å². The highest BCUT2D eigenvalue weighted by Gasteiger charge is 2.14. The predicted molar refractivity (Wildman–Crippen MR) is 64.3 cm³/mol. The molecule has 0 heterocycles. The second-order valence-corrected chi connectivity index (χ2v) is 3.95. The zero-order valence-corrected chi connectivity index (χ0v) is 10.8. The number of urea groups is 1. The molecule has 0 aliphatic carbocycles. The zero-order chi connectivity index (χ0) is 14.7. The monoisotopic (exact) mass is 282 g/mol. The Kier molecular flexibility index (Phi) is 9.69. The molecule has 1 unspecified atom stereocenters. The van der Waals surface area contributed by atoms with E-state index in [1.807, 2.05) is 6.92 Å². The third kappa shape index (κ3) is 11.4. The minimum Gasteiger partial charge on any atom is -0.481 e. The zero-order valence-electron chi connectivity index (χ0n) is 10.8. The van der Waals surface area contributed by atoms with Crippen molar-refractivity contribution in [2.24, 2.45) is 0 Å². The van der Waals surface area contributed by atoms with Crippen LogP contribution < -0.4 is 10.6 Å². The van der Waals surface area contributed by atoms with Crippen molar-refractivity contribution in [1.29, 1.82) is 0 Å². The van der Waals surface area contributed by atoms with E-state index in [4.69, 9.17) is 5.11 Å². The number of ether oxygens (including phenoxy) is 1. The summed E-state index contributed by atoms with van der Waals surface area (Å²) < 4.78 is 28.0. The van der Waals surface area contributed by atoms with E-state index < -0.39 is 31.1 Å². The number of amides is 2. The van der Waals surface area contributed by atoms with Crippen molar-refractivity contribution in [2.75, 3.05) is 19.8 Å². The van der Waals surface area contributed by atoms with Crippen LogP contribution in [0.2, 0.25) is 0 Å². The van der Waals surface area contributed by atoms with E-state index in [9.17, 15) is 18.4 Å². The second-order valence-electron chi connectivity index (χ2n) is 3.95. The Labute approximate surface area is 110 Å². The third-order valence-corrected chi connectivity index (χ3v) is 2.17. The maximum atomic E-state index is 11.7. The van der Waals surface area contributed by atoms with Gasteiger partial charge >= 0.3 is 12.0 Å². The second kappa shape index (κ2) is 10.5. The van der Waals surface area contributed by atoms with E-state index in [0.717, 1.165) is 6.42 Å². The number of aliphatic carboxylic acids is 1. The molecule has 0 spiro atoms. The Hall–Kier alpha value is -1.44. The maximum absolute atomic E-state index is 11.7. The van der Waals surface area contributed by atoms with Gasteiger partial charge in [-0.3, -0.25) is 4.79 Å². The Bertz CT molecular complexity index is 277. The molecule has 0 saturated heterocycles. The van der Waals surface area contributed by atoms with Crippen LogP contribution in [0, 0.1) is 0 Å². The lowest BCUT2D eigenvalue weighted by Crippen LogP contribution is -2.44. The van der Waals surface area contributed by atoms with E-state index >= 15 is 0 Å². The van der Waals surface area contributed by atoms with Crippen LogP contribution in [-0.4, -0.2) is 49.3 Å². The number of alkyl halides is 2. The third-order valence-electron chi connectivity index (χ3n) is 2.17. The fourth-order valence-electron chi connectivity index (χ4n) is 1.43. The van der Waals surface area contributed by atoms with Gasteiger partial charge in [-0.2, -0.15) is 0 Å². The number of carboxylic acid groups (broad SMARTS) is 1. The van der Waals surface area contributed by atoms with Crippen LogP contribution in [0.3, 0.4) is 0 Å². The van der Waals surface area contributed by atoms with Crippen LogP contribution in [-0.2, 0) is 9.53 Å². The molecule has 0 aromatic carbocycles. The summed E-state index contributed by atoms with van der Waals surface area (Å²) in [4.78, 5) is 22.0. The topological polar surface area (TPSA) is 87.7 Å². The Balaban J connectivity index is 3.77. The molecule has 19 heavy (non-hydrogen) atoms. The van der Waals surface area contributed by atoms with Gasteiger partial charge in [0.1, 0.15) is 6.61 Å². The molecule has 6 nitrogen and oxygen atoms in total. The largest absolute Gasteiger partial charge is 0.481 e. The van der Waals surface area contributed by atoms with Gasteiger partial charge in [-0.05, 0) is 6.42 Å². The van der Waals surface area contributed by atoms with Crippen LogP contribution in [0.4, 0.5) is 13.6 Å². The van der Waals surface area contributed by atoms with Gasteiger partial charge < -0.3 is 20.5 Å². The molecule has 0 aromatic rings. The fraction of sp³-hybridized carbons (Fsp3) is 0.818. The van der Waals surface area contributed by atoms with E-state index in [1.54, 1.807) is 0 Å². The molecule has 0 bridgehead atoms. The standard InChI is InChI=1S/C11H20F2N2O4/c1-2-3-8(6-10(16)17)15-11(18)14-4-5-19-7-9(12)13/h8-9H,2-7H2,1H3,(H,16,17)(H2,14,15,18). The number of carboxylic acids is 1. The van der Waals surface area contributed by atoms with Crippen LogP contribution in [0.15, 0.2) is 0 Å². The number of hydrogen-bond donors (Lipinski definition) is 3. The molecular weight excluding hydrogens is 262 g/mol. The van der Waals surface area contributed by atoms with Gasteiger partial charge in [-0.25, -0.2) is 13.6 Å². The van der Waals surface area contributed by atoms with Gasteiger partial charge in [0.15, 0.2) is 0 Å². The molecule has 0 rings (SSSR count). The highest BCUT2D eigenvalue weighted by Crippen LogP contribution is 2.01. The summed E-state index contributed by atoms with van der Waals surface area (Å²) in [6, 6.07) is -0.968. The first-order chi connectivity index (χ1) is 8.95. The Morgan fingerprint density at radius 1 is 1.37 bits per heavy atom. The first-order valence-corrected chi connectivity index (χ1v) is 6.07. The molecule has 0 fully saturated rings. The van der Waals surface area contributed by atoms with Crippen LogP contribution in [0.25, 0.3) is 0 Å². The van der Waals surface area contributed by atoms with Gasteiger partial charge in [-0.1, -0.05) is 13.3 Å². The molecule has 0 saturated carbocycles. The molecule has 2 amide bonds. The Morgan fingerprint density at radius 2 is 2.05 bits per heavy atom. The van der Waals surface area contributed by atoms with Gasteiger partial charge in [0.25, 0.3) is 6.43 Å². The lowest BCUT2D eigenvalue weighted by atomic mass is 10.1. The van der Waals surface area contributed by atoms with Gasteiger partial charge in [0, 0.05) is 12.6 Å². The van der Waals surface area contributed by atoms with E-state index in [-0.39, 0.29) is 19.6 Å². The molecule has 0 aliphatic rings. The predicted octanol–water partition coefficient (Wildman–Crippen LogP) is 1.21. The van der Waals surface area contributed by atoms with Crippen molar-refractivity contribution in [2.45, 2.75) is 38.7 Å². The Morgan fingerprint density at radius 3 is 2.58 bits per heavy atom. The molecule has 3 N–H and O–H groups in total. The lowest BCUT2D eigenvalue weighted by Gasteiger charge is -2.16. The SMILES string of the molecule is CCCC(CC(=O)O)NC(=O)NCCOCC(F)F. The number of carbonyl (C=O) groups excluding carboxylic acids is 1. The highest BCUT2D eigenvalue weighted by molar-refractivity contribution is 5.75. The molecule has 0 aliphatic heterocycles. The van der Waals surface area contributed by atoms with E-state index in [1.165, 1.54) is 0 Å². The maximum Gasteiger partial charge on any atom is 0.315 e. The fourth-order valence-corrected chi connectivity index (χ4v) is 1.43. The van der Waals surface area contributed by atoms with Gasteiger partial charge in [0.05, 0.1) is 13.0 Å². The van der Waals surface area contributed by atoms with Gasteiger partial charge in [-0.15, -0.1) is 0 Å². The number of hydrogen-bond acceptors (Lipinski definition) is 3. The summed E-state index contributed by atoms with van der Waals surface area (Å²) in [5.74, 6) is -0.987. The minimum absolute atomic E-state index is 0.0187. The van der Waals surface area contributed by atoms with Crippen LogP contribution >= 0.6 is 0 Å². The smallest absolute Gasteiger partial charge is 0.315 e. The summed E-state index contributed by atoms with van der Waals surface area (Å²) in [5.41, 5.74) is 0. The van der Waals surface area contributed by atoms with Crippen molar-refractivity contribution in [3.05, 3.63) is 0 Å². The quantitative estimate of drug-likeness (QED) is 0.526. The summed E-state index contributed by atoms with van der Waals surface area (Å²) in [7, 11) is 0. The minimum atomic E-state index is -2.53. The number of halogens is 2. The van der Waals surface area contributed by atoms with E-state index in [2.05, 4.69) is 15.4 Å². The lowest BCUT2D eigenvalue weighted by molar-refractivity contribution is -0.137. The van der Waals surface area contributed by atoms with Crippen molar-refractivity contribution in [3.8, 4) is 0 Å². The number of carbonyl (C=O) groups is 2. The van der Waals surface area contributed by atoms with Crippen molar-refractivity contribution >= 4 is 12.0 Å². The molecule has 0 aromatic heterocycles. The van der Waals surface area contributed by atoms with Crippen molar-refractivity contribution in [3.63, 3.8) is 0 Å². The average molecular weight is 282 g/mol. The highest BCUT2D eigenvalue weighted by atomic mass is 19.3. The number of nitrogens with one attached hydrogen (secondary N) is 2. The van der Waals surface area contributed by atoms with Crippen molar-refractivity contribution < 1.29 is 28.2 Å². The summed E-state index contributed by atoms with van der Waals surface area (Å²) in [6.07, 6.45) is -1.38. The average Bonchev–Trinajstić information content (AvgIpc) is 2.27. The summed E-state index contributed by atoms with van der Waals surface area (Å²) in [5, 5.41) is 13.6. The molecule has 112 valence electrons. The molecule has 0 radical (unpaired) electrons. The first-order valence-electron chi connectivity index (χ1n) is 6.07. The van der Waals surface area contributed by atoms with Crippen LogP contribution in [0.5, 0.6) is 0 Å². The molecular formula is C11H20F2N2O4. The van der Waals surface area contributed by atoms with Crippen molar-refractivity contribution in [1.82, 2.24) is 10.6 Å². The number of rotatable bonds is 10. The normalized spacial score (nSPS) is 12.2. The molecule has 8 heteroatoms. The summed E-state index contributed by atoms with van der Waals surface area (Å²) in [6.45, 7) is 1.28. The first kappa shape index (κ1) is 17.6. The molecule has 1 atom stereocenters. The van der Waals surface area contributed by atoms with Crippen LogP contribution in [0.1, 0.15) is 26.2 Å². The summed E-state index contributed by atoms with van der Waals surface area (Å²) >= 11 is 0.